The SMILES string of the molecule is CCC(C)(C)C(=O)c1cc(F)c(Cl)c(F)c1. The number of carbonyl (C=O) groups is 1. The van der Waals surface area contributed by atoms with Gasteiger partial charge >= 0.3 is 0 Å². The molecular formula is C12H13ClF2O. The van der Waals surface area contributed by atoms with E-state index in [0.29, 0.717) is 6.42 Å². The normalized spacial score (nSPS) is 11.6. The molecule has 0 aliphatic carbocycles. The molecule has 0 aliphatic rings. The topological polar surface area (TPSA) is 17.1 Å². The summed E-state index contributed by atoms with van der Waals surface area (Å²) in [4.78, 5) is 11.9. The van der Waals surface area contributed by atoms with E-state index >= 15 is 0 Å². The Morgan fingerprint density at radius 3 is 2.12 bits per heavy atom. The van der Waals surface area contributed by atoms with Crippen LogP contribution in [-0.2, 0) is 0 Å². The maximum Gasteiger partial charge on any atom is 0.168 e. The second-order valence-corrected chi connectivity index (χ2v) is 4.70. The molecule has 0 saturated carbocycles. The van der Waals surface area contributed by atoms with Crippen molar-refractivity contribution in [3.05, 3.63) is 34.4 Å². The van der Waals surface area contributed by atoms with Gasteiger partial charge in [-0.1, -0.05) is 32.4 Å². The van der Waals surface area contributed by atoms with Crippen molar-refractivity contribution in [2.45, 2.75) is 27.2 Å². The zero-order valence-electron chi connectivity index (χ0n) is 9.40. The van der Waals surface area contributed by atoms with E-state index in [1.165, 1.54) is 0 Å². The Hall–Kier alpha value is -0.960. The predicted molar refractivity (Wildman–Crippen MR) is 59.8 cm³/mol. The maximum absolute atomic E-state index is 13.2. The third-order valence-electron chi connectivity index (χ3n) is 2.74. The summed E-state index contributed by atoms with van der Waals surface area (Å²) in [6, 6.07) is 1.95. The van der Waals surface area contributed by atoms with Gasteiger partial charge in [-0.2, -0.15) is 0 Å². The summed E-state index contributed by atoms with van der Waals surface area (Å²) in [7, 11) is 0. The number of carbonyl (C=O) groups excluding carboxylic acids is 1. The summed E-state index contributed by atoms with van der Waals surface area (Å²) in [5.41, 5.74) is -0.613. The van der Waals surface area contributed by atoms with Gasteiger partial charge in [0.25, 0.3) is 0 Å². The van der Waals surface area contributed by atoms with Gasteiger partial charge < -0.3 is 0 Å². The van der Waals surface area contributed by atoms with Crippen LogP contribution >= 0.6 is 11.6 Å². The van der Waals surface area contributed by atoms with Crippen LogP contribution in [0.3, 0.4) is 0 Å². The number of halogens is 3. The number of benzene rings is 1. The first kappa shape index (κ1) is 13.1. The molecule has 16 heavy (non-hydrogen) atoms. The molecule has 0 amide bonds. The van der Waals surface area contributed by atoms with E-state index < -0.39 is 22.1 Å². The van der Waals surface area contributed by atoms with Crippen LogP contribution in [0, 0.1) is 17.0 Å². The van der Waals surface area contributed by atoms with Crippen LogP contribution in [0.2, 0.25) is 5.02 Å². The summed E-state index contributed by atoms with van der Waals surface area (Å²) in [6.07, 6.45) is 0.595. The third-order valence-corrected chi connectivity index (χ3v) is 3.11. The Bertz CT molecular complexity index is 404. The molecule has 4 heteroatoms. The third kappa shape index (κ3) is 2.40. The molecule has 0 atom stereocenters. The molecule has 0 radical (unpaired) electrons. The van der Waals surface area contributed by atoms with Crippen LogP contribution < -0.4 is 0 Å². The fourth-order valence-electron chi connectivity index (χ4n) is 1.24. The number of rotatable bonds is 3. The highest BCUT2D eigenvalue weighted by atomic mass is 35.5. The first-order valence-electron chi connectivity index (χ1n) is 4.99. The van der Waals surface area contributed by atoms with E-state index in [4.69, 9.17) is 11.6 Å². The Morgan fingerprint density at radius 1 is 1.31 bits per heavy atom. The van der Waals surface area contributed by atoms with E-state index in [9.17, 15) is 13.6 Å². The molecule has 0 heterocycles. The van der Waals surface area contributed by atoms with Crippen molar-refractivity contribution in [3.8, 4) is 0 Å². The van der Waals surface area contributed by atoms with Gasteiger partial charge in [0.15, 0.2) is 5.78 Å². The minimum atomic E-state index is -0.906. The van der Waals surface area contributed by atoms with E-state index in [1.54, 1.807) is 13.8 Å². The molecule has 1 rings (SSSR count). The van der Waals surface area contributed by atoms with E-state index in [-0.39, 0.29) is 11.3 Å². The second kappa shape index (κ2) is 4.50. The van der Waals surface area contributed by atoms with E-state index in [1.807, 2.05) is 6.92 Å². The van der Waals surface area contributed by atoms with Crippen LogP contribution in [0.1, 0.15) is 37.6 Å². The molecule has 0 aromatic heterocycles. The lowest BCUT2D eigenvalue weighted by Crippen LogP contribution is -2.23. The van der Waals surface area contributed by atoms with Crippen molar-refractivity contribution in [2.24, 2.45) is 5.41 Å². The minimum absolute atomic E-state index is 0.0197. The highest BCUT2D eigenvalue weighted by Crippen LogP contribution is 2.28. The lowest BCUT2D eigenvalue weighted by Gasteiger charge is -2.20. The van der Waals surface area contributed by atoms with Gasteiger partial charge in [0, 0.05) is 11.0 Å². The van der Waals surface area contributed by atoms with Gasteiger partial charge in [-0.25, -0.2) is 8.78 Å². The number of hydrogen-bond acceptors (Lipinski definition) is 1. The van der Waals surface area contributed by atoms with Crippen LogP contribution in [-0.4, -0.2) is 5.78 Å². The largest absolute Gasteiger partial charge is 0.294 e. The quantitative estimate of drug-likeness (QED) is 0.576. The van der Waals surface area contributed by atoms with Gasteiger partial charge in [-0.05, 0) is 18.6 Å². The molecule has 1 aromatic carbocycles. The van der Waals surface area contributed by atoms with Gasteiger partial charge in [0.2, 0.25) is 0 Å². The van der Waals surface area contributed by atoms with Crippen molar-refractivity contribution >= 4 is 17.4 Å². The highest BCUT2D eigenvalue weighted by molar-refractivity contribution is 6.31. The molecule has 0 saturated heterocycles. The van der Waals surface area contributed by atoms with Crippen LogP contribution in [0.5, 0.6) is 0 Å². The van der Waals surface area contributed by atoms with Gasteiger partial charge in [-0.3, -0.25) is 4.79 Å². The molecule has 1 nitrogen and oxygen atoms in total. The molecule has 0 bridgehead atoms. The summed E-state index contributed by atoms with van der Waals surface area (Å²) in [6.45, 7) is 5.32. The van der Waals surface area contributed by atoms with Crippen LogP contribution in [0.4, 0.5) is 8.78 Å². The van der Waals surface area contributed by atoms with Gasteiger partial charge in [0.05, 0.1) is 0 Å². The fraction of sp³-hybridized carbons (Fsp3) is 0.417. The Balaban J connectivity index is 3.21. The lowest BCUT2D eigenvalue weighted by atomic mass is 9.82. The molecule has 0 aliphatic heterocycles. The summed E-state index contributed by atoms with van der Waals surface area (Å²) >= 11 is 5.34. The summed E-state index contributed by atoms with van der Waals surface area (Å²) in [5.74, 6) is -2.10. The predicted octanol–water partition coefficient (Wildman–Crippen LogP) is 4.24. The van der Waals surface area contributed by atoms with Crippen molar-refractivity contribution in [2.75, 3.05) is 0 Å². The smallest absolute Gasteiger partial charge is 0.168 e. The zero-order valence-corrected chi connectivity index (χ0v) is 10.2. The Morgan fingerprint density at radius 2 is 1.75 bits per heavy atom. The molecule has 88 valence electrons. The average Bonchev–Trinajstić information content (AvgIpc) is 2.24. The number of ketones is 1. The molecule has 0 unspecified atom stereocenters. The van der Waals surface area contributed by atoms with Crippen molar-refractivity contribution in [3.63, 3.8) is 0 Å². The van der Waals surface area contributed by atoms with E-state index in [0.717, 1.165) is 12.1 Å². The standard InChI is InChI=1S/C12H13ClF2O/c1-4-12(2,3)11(16)7-5-8(14)10(13)9(15)6-7/h5-6H,4H2,1-3H3. The molecular weight excluding hydrogens is 234 g/mol. The maximum atomic E-state index is 13.2. The number of Topliss-reactive ketones (excluding diaryl/α,β-unsaturated/α-hetero) is 1. The highest BCUT2D eigenvalue weighted by Gasteiger charge is 2.27. The van der Waals surface area contributed by atoms with Crippen LogP contribution in [0.15, 0.2) is 12.1 Å². The van der Waals surface area contributed by atoms with Crippen molar-refractivity contribution < 1.29 is 13.6 Å². The molecule has 0 spiro atoms. The van der Waals surface area contributed by atoms with Crippen molar-refractivity contribution in [1.29, 1.82) is 0 Å². The van der Waals surface area contributed by atoms with Gasteiger partial charge in [0.1, 0.15) is 16.7 Å². The lowest BCUT2D eigenvalue weighted by molar-refractivity contribution is 0.0832. The summed E-state index contributed by atoms with van der Waals surface area (Å²) < 4.78 is 26.3. The second-order valence-electron chi connectivity index (χ2n) is 4.32. The monoisotopic (exact) mass is 246 g/mol. The van der Waals surface area contributed by atoms with Crippen molar-refractivity contribution in [1.82, 2.24) is 0 Å². The molecule has 0 N–H and O–H groups in total. The Kier molecular flexibility index (Phi) is 3.68. The fourth-order valence-corrected chi connectivity index (χ4v) is 1.35. The first-order valence-corrected chi connectivity index (χ1v) is 5.36. The zero-order chi connectivity index (χ0) is 12.5. The first-order chi connectivity index (χ1) is 7.29. The molecule has 1 aromatic rings. The van der Waals surface area contributed by atoms with Crippen LogP contribution in [0.25, 0.3) is 0 Å². The van der Waals surface area contributed by atoms with E-state index in [2.05, 4.69) is 0 Å². The Labute approximate surface area is 98.4 Å². The van der Waals surface area contributed by atoms with Gasteiger partial charge in [-0.15, -0.1) is 0 Å². The number of hydrogen-bond donors (Lipinski definition) is 0. The summed E-state index contributed by atoms with van der Waals surface area (Å²) in [5, 5.41) is -0.578. The average molecular weight is 247 g/mol. The molecule has 0 fully saturated rings. The minimum Gasteiger partial charge on any atom is -0.294 e.